The van der Waals surface area contributed by atoms with Crippen LogP contribution in [0.15, 0.2) is 27.6 Å². The lowest BCUT2D eigenvalue weighted by molar-refractivity contribution is -0.119. The first-order valence-electron chi connectivity index (χ1n) is 11.0. The average molecular weight is 433 g/mol. The van der Waals surface area contributed by atoms with Gasteiger partial charge in [-0.25, -0.2) is 13.6 Å². The minimum atomic E-state index is -2.74. The highest BCUT2D eigenvalue weighted by Crippen LogP contribution is 2.33. The van der Waals surface area contributed by atoms with Crippen LogP contribution in [0.1, 0.15) is 45.8 Å². The minimum absolute atomic E-state index is 0.0523. The zero-order valence-corrected chi connectivity index (χ0v) is 17.1. The number of fused-ring (bicyclic) bond motifs is 1. The van der Waals surface area contributed by atoms with E-state index in [0.717, 1.165) is 31.2 Å². The Bertz CT molecular complexity index is 1240. The van der Waals surface area contributed by atoms with Gasteiger partial charge in [0.25, 0.3) is 5.91 Å². The van der Waals surface area contributed by atoms with E-state index in [1.165, 1.54) is 18.5 Å². The predicted octanol–water partition coefficient (Wildman–Crippen LogP) is 2.07. The van der Waals surface area contributed by atoms with Gasteiger partial charge in [0.15, 0.2) is 11.5 Å². The van der Waals surface area contributed by atoms with Crippen molar-refractivity contribution in [2.75, 3.05) is 23.9 Å². The molecule has 1 saturated carbocycles. The van der Waals surface area contributed by atoms with Gasteiger partial charge in [0.05, 0.1) is 26.9 Å². The van der Waals surface area contributed by atoms with Crippen LogP contribution in [0.2, 0.25) is 0 Å². The van der Waals surface area contributed by atoms with Gasteiger partial charge in [-0.2, -0.15) is 0 Å². The number of nitrogens with one attached hydrogen (secondary N) is 3. The van der Waals surface area contributed by atoms with Gasteiger partial charge in [-0.3, -0.25) is 9.59 Å². The molecule has 158 valence electrons. The fourth-order valence-corrected chi connectivity index (χ4v) is 5.30. The maximum atomic E-state index is 12.9. The van der Waals surface area contributed by atoms with Crippen molar-refractivity contribution in [1.29, 1.82) is 0 Å². The largest absolute Gasteiger partial charge is 0.354 e. The van der Waals surface area contributed by atoms with E-state index in [4.69, 9.17) is 4.11 Å². The molecule has 4 rings (SSSR count). The van der Waals surface area contributed by atoms with Crippen molar-refractivity contribution >= 4 is 38.9 Å². The van der Waals surface area contributed by atoms with Crippen molar-refractivity contribution in [3.05, 3.63) is 29.6 Å². The number of aromatic nitrogens is 3. The SMILES string of the molecule is [2H]C([2H])([2H])NC(=O)c1nnc(NC(=O)C2CCCC2)cc1Nc1nccc2c1S(C)(=O)=NC2. The van der Waals surface area contributed by atoms with Gasteiger partial charge in [-0.15, -0.1) is 10.2 Å². The third-order valence-corrected chi connectivity index (χ3v) is 7.03. The molecule has 0 saturated heterocycles. The summed E-state index contributed by atoms with van der Waals surface area (Å²) < 4.78 is 39.0. The van der Waals surface area contributed by atoms with Gasteiger partial charge in [0.2, 0.25) is 5.91 Å². The van der Waals surface area contributed by atoms with Crippen LogP contribution in [0, 0.1) is 5.92 Å². The summed E-state index contributed by atoms with van der Waals surface area (Å²) in [6.45, 7) is -2.47. The van der Waals surface area contributed by atoms with E-state index in [1.807, 2.05) is 5.32 Å². The molecule has 3 heterocycles. The smallest absolute Gasteiger partial charge is 0.273 e. The molecule has 2 amide bonds. The van der Waals surface area contributed by atoms with Crippen LogP contribution in [0.4, 0.5) is 17.3 Å². The first kappa shape index (κ1) is 16.7. The predicted molar refractivity (Wildman–Crippen MR) is 112 cm³/mol. The number of hydrogen-bond acceptors (Lipinski definition) is 8. The maximum Gasteiger partial charge on any atom is 0.273 e. The molecule has 10 nitrogen and oxygen atoms in total. The standard InChI is InChI=1S/C19H23N7O3S/c1-20-19(28)15-13(9-14(25-26-15)24-18(27)11-5-3-4-6-11)23-17-16-12(7-8-21-17)10-22-30(16,2)29/h7-9,11H,3-6,10H2,1-2H3,(H,20,28)(H2,21,23,24,25,27)/i1D3. The van der Waals surface area contributed by atoms with E-state index in [1.54, 1.807) is 6.07 Å². The highest BCUT2D eigenvalue weighted by Gasteiger charge is 2.26. The van der Waals surface area contributed by atoms with E-state index < -0.39 is 22.6 Å². The molecule has 1 fully saturated rings. The summed E-state index contributed by atoms with van der Waals surface area (Å²) in [4.78, 5) is 29.7. The Morgan fingerprint density at radius 1 is 1.27 bits per heavy atom. The molecule has 2 aromatic heterocycles. The molecule has 3 N–H and O–H groups in total. The lowest BCUT2D eigenvalue weighted by Crippen LogP contribution is -2.24. The van der Waals surface area contributed by atoms with Crippen molar-refractivity contribution in [3.63, 3.8) is 0 Å². The quantitative estimate of drug-likeness (QED) is 0.657. The average Bonchev–Trinajstić information content (AvgIpc) is 3.36. The normalized spacial score (nSPS) is 22.2. The van der Waals surface area contributed by atoms with Crippen LogP contribution < -0.4 is 16.0 Å². The number of anilines is 3. The van der Waals surface area contributed by atoms with Gasteiger partial charge in [0, 0.05) is 35.5 Å². The number of rotatable bonds is 5. The van der Waals surface area contributed by atoms with E-state index in [2.05, 4.69) is 30.2 Å². The Morgan fingerprint density at radius 2 is 2.07 bits per heavy atom. The molecule has 1 unspecified atom stereocenters. The van der Waals surface area contributed by atoms with Gasteiger partial charge >= 0.3 is 0 Å². The molecule has 11 heteroatoms. The Labute approximate surface area is 178 Å². The van der Waals surface area contributed by atoms with Crippen LogP contribution >= 0.6 is 0 Å². The topological polar surface area (TPSA) is 138 Å². The fraction of sp³-hybridized carbons (Fsp3) is 0.421. The molecule has 0 aromatic carbocycles. The van der Waals surface area contributed by atoms with E-state index >= 15 is 0 Å². The van der Waals surface area contributed by atoms with Gasteiger partial charge in [0.1, 0.15) is 5.82 Å². The molecule has 1 aliphatic carbocycles. The highest BCUT2D eigenvalue weighted by atomic mass is 32.2. The third-order valence-electron chi connectivity index (χ3n) is 5.20. The van der Waals surface area contributed by atoms with Gasteiger partial charge < -0.3 is 16.0 Å². The Kier molecular flexibility index (Phi) is 4.44. The molecule has 0 radical (unpaired) electrons. The van der Waals surface area contributed by atoms with Crippen molar-refractivity contribution in [3.8, 4) is 0 Å². The lowest BCUT2D eigenvalue weighted by atomic mass is 10.1. The molecule has 0 bridgehead atoms. The summed E-state index contributed by atoms with van der Waals surface area (Å²) in [7, 11) is -2.70. The summed E-state index contributed by atoms with van der Waals surface area (Å²) >= 11 is 0. The number of carbonyl (C=O) groups excluding carboxylic acids is 2. The molecule has 1 atom stereocenters. The van der Waals surface area contributed by atoms with Crippen LogP contribution in [0.5, 0.6) is 0 Å². The second-order valence-corrected chi connectivity index (χ2v) is 9.55. The third kappa shape index (κ3) is 3.84. The molecular weight excluding hydrogens is 406 g/mol. The second kappa shape index (κ2) is 7.98. The molecule has 2 aliphatic rings. The number of carbonyl (C=O) groups is 2. The molecule has 30 heavy (non-hydrogen) atoms. The fourth-order valence-electron chi connectivity index (χ4n) is 3.70. The summed E-state index contributed by atoms with van der Waals surface area (Å²) in [5.41, 5.74) is 0.462. The molecule has 0 spiro atoms. The number of amides is 2. The molecule has 1 aliphatic heterocycles. The van der Waals surface area contributed by atoms with Crippen molar-refractivity contribution in [2.24, 2.45) is 10.3 Å². The van der Waals surface area contributed by atoms with E-state index in [0.29, 0.717) is 4.90 Å². The minimum Gasteiger partial charge on any atom is -0.354 e. The van der Waals surface area contributed by atoms with Gasteiger partial charge in [-0.05, 0) is 24.5 Å². The summed E-state index contributed by atoms with van der Waals surface area (Å²) in [5, 5.41) is 15.2. The summed E-state index contributed by atoms with van der Waals surface area (Å²) in [5.74, 6) is -1.01. The first-order valence-corrected chi connectivity index (χ1v) is 11.4. The number of hydrogen-bond donors (Lipinski definition) is 3. The van der Waals surface area contributed by atoms with Crippen LogP contribution in [0.3, 0.4) is 0 Å². The first-order chi connectivity index (χ1) is 15.5. The summed E-state index contributed by atoms with van der Waals surface area (Å²) in [6.07, 6.45) is 6.55. The van der Waals surface area contributed by atoms with E-state index in [9.17, 15) is 13.8 Å². The van der Waals surface area contributed by atoms with Crippen LogP contribution in [-0.2, 0) is 21.1 Å². The summed E-state index contributed by atoms with van der Waals surface area (Å²) in [6, 6.07) is 3.08. The molecular formula is C19H23N7O3S. The Hall–Kier alpha value is -3.08. The van der Waals surface area contributed by atoms with Crippen molar-refractivity contribution < 1.29 is 17.9 Å². The monoisotopic (exact) mass is 432 g/mol. The Balaban J connectivity index is 1.70. The maximum absolute atomic E-state index is 12.9. The zero-order valence-electron chi connectivity index (χ0n) is 19.3. The number of nitrogens with zero attached hydrogens (tertiary/aromatic N) is 4. The Morgan fingerprint density at radius 3 is 2.83 bits per heavy atom. The molecule has 2 aromatic rings. The van der Waals surface area contributed by atoms with Gasteiger partial charge in [-0.1, -0.05) is 12.8 Å². The second-order valence-electron chi connectivity index (χ2n) is 7.28. The number of pyridine rings is 1. The van der Waals surface area contributed by atoms with Crippen molar-refractivity contribution in [1.82, 2.24) is 20.5 Å². The van der Waals surface area contributed by atoms with Crippen LogP contribution in [-0.4, -0.2) is 44.4 Å². The van der Waals surface area contributed by atoms with Crippen molar-refractivity contribution in [2.45, 2.75) is 37.1 Å². The lowest BCUT2D eigenvalue weighted by Gasteiger charge is -2.15. The highest BCUT2D eigenvalue weighted by molar-refractivity contribution is 7.93. The van der Waals surface area contributed by atoms with E-state index in [-0.39, 0.29) is 41.4 Å². The van der Waals surface area contributed by atoms with Crippen LogP contribution in [0.25, 0.3) is 0 Å². The zero-order chi connectivity index (χ0) is 23.8.